The summed E-state index contributed by atoms with van der Waals surface area (Å²) in [6.45, 7) is -0.944. The minimum atomic E-state index is -3.27. The van der Waals surface area contributed by atoms with Crippen molar-refractivity contribution < 1.29 is 18.7 Å². The Morgan fingerprint density at radius 2 is 2.36 bits per heavy atom. The number of azide groups is 1. The van der Waals surface area contributed by atoms with Crippen molar-refractivity contribution >= 4 is 6.09 Å². The molecule has 1 amide bonds. The van der Waals surface area contributed by atoms with Crippen LogP contribution in [0.25, 0.3) is 10.4 Å². The molecule has 0 spiro atoms. The van der Waals surface area contributed by atoms with Crippen molar-refractivity contribution in [1.29, 1.82) is 0 Å². The second-order valence-electron chi connectivity index (χ2n) is 2.97. The minimum absolute atomic E-state index is 0.0331. The molecular formula is C6H8F2N4O2. The van der Waals surface area contributed by atoms with Crippen LogP contribution in [0.5, 0.6) is 0 Å². The number of carbonyl (C=O) groups is 1. The van der Waals surface area contributed by atoms with Crippen LogP contribution in [0.2, 0.25) is 0 Å². The zero-order valence-electron chi connectivity index (χ0n) is 7.10. The van der Waals surface area contributed by atoms with Crippen molar-refractivity contribution in [3.8, 4) is 0 Å². The Morgan fingerprint density at radius 1 is 1.71 bits per heavy atom. The molecule has 0 aromatic heterocycles. The minimum Gasteiger partial charge on any atom is -0.465 e. The lowest BCUT2D eigenvalue weighted by Crippen LogP contribution is -2.52. The monoisotopic (exact) mass is 206 g/mol. The third-order valence-corrected chi connectivity index (χ3v) is 2.02. The van der Waals surface area contributed by atoms with Crippen LogP contribution in [0.1, 0.15) is 6.42 Å². The van der Waals surface area contributed by atoms with Crippen LogP contribution in [0.15, 0.2) is 5.11 Å². The summed E-state index contributed by atoms with van der Waals surface area (Å²) < 4.78 is 26.2. The summed E-state index contributed by atoms with van der Waals surface area (Å²) in [5.41, 5.74) is 8.02. The number of likely N-dealkylation sites (tertiary alicyclic amines) is 1. The number of carboxylic acid groups (broad SMARTS) is 1. The molecule has 0 unspecified atom stereocenters. The Bertz CT molecular complexity index is 290. The number of alkyl halides is 2. The maximum atomic E-state index is 13.1. The van der Waals surface area contributed by atoms with E-state index in [4.69, 9.17) is 10.6 Å². The van der Waals surface area contributed by atoms with Gasteiger partial charge in [0, 0.05) is 11.5 Å². The highest BCUT2D eigenvalue weighted by Gasteiger charge is 2.45. The van der Waals surface area contributed by atoms with Crippen LogP contribution < -0.4 is 0 Å². The summed E-state index contributed by atoms with van der Waals surface area (Å²) in [5, 5.41) is 11.4. The van der Waals surface area contributed by atoms with Gasteiger partial charge >= 0.3 is 6.09 Å². The third kappa shape index (κ3) is 2.02. The average molecular weight is 206 g/mol. The molecule has 0 bridgehead atoms. The van der Waals surface area contributed by atoms with Crippen molar-refractivity contribution in [1.82, 2.24) is 4.90 Å². The number of hydrogen-bond donors (Lipinski definition) is 1. The summed E-state index contributed by atoms with van der Waals surface area (Å²) in [4.78, 5) is 13.3. The van der Waals surface area contributed by atoms with Crippen molar-refractivity contribution in [2.75, 3.05) is 13.1 Å². The van der Waals surface area contributed by atoms with Crippen LogP contribution in [0.3, 0.4) is 0 Å². The molecule has 1 atom stereocenters. The van der Waals surface area contributed by atoms with Gasteiger partial charge in [-0.3, -0.25) is 0 Å². The lowest BCUT2D eigenvalue weighted by atomic mass is 10.0. The van der Waals surface area contributed by atoms with Crippen LogP contribution in [0, 0.1) is 0 Å². The summed E-state index contributed by atoms with van der Waals surface area (Å²) in [5.74, 6) is -3.27. The van der Waals surface area contributed by atoms with Crippen molar-refractivity contribution in [2.24, 2.45) is 5.11 Å². The van der Waals surface area contributed by atoms with Gasteiger partial charge in [0.1, 0.15) is 6.04 Å². The molecule has 78 valence electrons. The van der Waals surface area contributed by atoms with E-state index in [1.165, 1.54) is 0 Å². The predicted molar refractivity (Wildman–Crippen MR) is 42.1 cm³/mol. The van der Waals surface area contributed by atoms with Gasteiger partial charge in [-0.2, -0.15) is 0 Å². The van der Waals surface area contributed by atoms with Gasteiger partial charge in [-0.25, -0.2) is 13.6 Å². The van der Waals surface area contributed by atoms with E-state index in [2.05, 4.69) is 10.0 Å². The molecule has 1 heterocycles. The summed E-state index contributed by atoms with van der Waals surface area (Å²) in [6.07, 6.45) is -1.53. The standard InChI is InChI=1S/C6H8F2N4O2/c7-6(8)3-12(5(13)14)2-1-4(6)10-11-9/h4H,1-3H2,(H,13,14)/t4-/m1/s1. The van der Waals surface area contributed by atoms with Gasteiger partial charge in [0.25, 0.3) is 5.92 Å². The van der Waals surface area contributed by atoms with E-state index in [0.717, 1.165) is 0 Å². The molecule has 1 aliphatic heterocycles. The first kappa shape index (κ1) is 10.5. The Kier molecular flexibility index (Phi) is 2.76. The highest BCUT2D eigenvalue weighted by atomic mass is 19.3. The normalized spacial score (nSPS) is 25.3. The van der Waals surface area contributed by atoms with Crippen LogP contribution in [-0.4, -0.2) is 41.2 Å². The number of halogens is 2. The first-order valence-electron chi connectivity index (χ1n) is 3.87. The van der Waals surface area contributed by atoms with Gasteiger partial charge in [-0.15, -0.1) is 0 Å². The van der Waals surface area contributed by atoms with Gasteiger partial charge in [0.05, 0.1) is 6.54 Å². The fourth-order valence-corrected chi connectivity index (χ4v) is 1.30. The van der Waals surface area contributed by atoms with E-state index in [9.17, 15) is 13.6 Å². The lowest BCUT2D eigenvalue weighted by molar-refractivity contribution is -0.0728. The van der Waals surface area contributed by atoms with Crippen LogP contribution in [0.4, 0.5) is 13.6 Å². The van der Waals surface area contributed by atoms with E-state index in [0.29, 0.717) is 4.90 Å². The number of hydrogen-bond acceptors (Lipinski definition) is 2. The fourth-order valence-electron chi connectivity index (χ4n) is 1.30. The zero-order chi connectivity index (χ0) is 10.8. The van der Waals surface area contributed by atoms with Crippen LogP contribution >= 0.6 is 0 Å². The Hall–Kier alpha value is -1.56. The fraction of sp³-hybridized carbons (Fsp3) is 0.833. The maximum absolute atomic E-state index is 13.1. The highest BCUT2D eigenvalue weighted by molar-refractivity contribution is 5.65. The molecule has 14 heavy (non-hydrogen) atoms. The first-order valence-corrected chi connectivity index (χ1v) is 3.87. The highest BCUT2D eigenvalue weighted by Crippen LogP contribution is 2.29. The Balaban J connectivity index is 2.74. The topological polar surface area (TPSA) is 89.3 Å². The number of amides is 1. The smallest absolute Gasteiger partial charge is 0.407 e. The van der Waals surface area contributed by atoms with E-state index < -0.39 is 24.6 Å². The van der Waals surface area contributed by atoms with Crippen molar-refractivity contribution in [2.45, 2.75) is 18.4 Å². The van der Waals surface area contributed by atoms with Crippen molar-refractivity contribution in [3.63, 3.8) is 0 Å². The lowest BCUT2D eigenvalue weighted by Gasteiger charge is -2.34. The average Bonchev–Trinajstić information content (AvgIpc) is 2.08. The van der Waals surface area contributed by atoms with Gasteiger partial charge in [0.15, 0.2) is 0 Å². The van der Waals surface area contributed by atoms with Gasteiger partial charge in [-0.1, -0.05) is 5.11 Å². The molecule has 0 radical (unpaired) electrons. The summed E-state index contributed by atoms with van der Waals surface area (Å²) >= 11 is 0. The van der Waals surface area contributed by atoms with Crippen LogP contribution in [-0.2, 0) is 0 Å². The molecule has 0 aromatic rings. The SMILES string of the molecule is [N-]=[N+]=N[C@@H]1CCN(C(=O)O)CC1(F)F. The van der Waals surface area contributed by atoms with Gasteiger partial charge in [-0.05, 0) is 12.0 Å². The van der Waals surface area contributed by atoms with E-state index >= 15 is 0 Å². The van der Waals surface area contributed by atoms with Crippen molar-refractivity contribution in [3.05, 3.63) is 10.4 Å². The second-order valence-corrected chi connectivity index (χ2v) is 2.97. The quantitative estimate of drug-likeness (QED) is 0.401. The van der Waals surface area contributed by atoms with E-state index in [1.54, 1.807) is 0 Å². The first-order chi connectivity index (χ1) is 6.47. The number of rotatable bonds is 1. The Labute approximate surface area is 77.7 Å². The number of nitrogens with zero attached hydrogens (tertiary/aromatic N) is 4. The predicted octanol–water partition coefficient (Wildman–Crippen LogP) is 1.68. The Morgan fingerprint density at radius 3 is 2.79 bits per heavy atom. The molecule has 1 N–H and O–H groups in total. The third-order valence-electron chi connectivity index (χ3n) is 2.02. The molecule has 0 aliphatic carbocycles. The molecule has 6 nitrogen and oxygen atoms in total. The molecular weight excluding hydrogens is 198 g/mol. The second kappa shape index (κ2) is 3.67. The summed E-state index contributed by atoms with van der Waals surface area (Å²) in [7, 11) is 0. The molecule has 0 aromatic carbocycles. The maximum Gasteiger partial charge on any atom is 0.407 e. The van der Waals surface area contributed by atoms with Gasteiger partial charge in [0.2, 0.25) is 0 Å². The molecule has 1 saturated heterocycles. The number of piperidine rings is 1. The molecule has 1 aliphatic rings. The molecule has 0 saturated carbocycles. The van der Waals surface area contributed by atoms with Gasteiger partial charge < -0.3 is 10.0 Å². The summed E-state index contributed by atoms with van der Waals surface area (Å²) in [6, 6.07) is -1.44. The largest absolute Gasteiger partial charge is 0.465 e. The zero-order valence-corrected chi connectivity index (χ0v) is 7.10. The molecule has 8 heteroatoms. The van der Waals surface area contributed by atoms with E-state index in [-0.39, 0.29) is 13.0 Å². The molecule has 1 rings (SSSR count). The molecule has 1 fully saturated rings. The van der Waals surface area contributed by atoms with E-state index in [1.807, 2.05) is 0 Å².